The fourth-order valence-corrected chi connectivity index (χ4v) is 14.4. The molecule has 0 aliphatic heterocycles. The number of anilines is 12. The Kier molecular flexibility index (Phi) is 19.6. The van der Waals surface area contributed by atoms with Gasteiger partial charge in [0.25, 0.3) is 0 Å². The normalized spacial score (nSPS) is 12.0. The Labute approximate surface area is 593 Å². The lowest BCUT2D eigenvalue weighted by Gasteiger charge is -2.35. The van der Waals surface area contributed by atoms with E-state index < -0.39 is 5.41 Å². The maximum Gasteiger partial charge on any atom is 0.119 e. The van der Waals surface area contributed by atoms with Crippen LogP contribution in [0.1, 0.15) is 77.6 Å². The van der Waals surface area contributed by atoms with Gasteiger partial charge in [0, 0.05) is 68.2 Å². The van der Waals surface area contributed by atoms with E-state index in [1.54, 1.807) is 0 Å². The second-order valence-electron chi connectivity index (χ2n) is 24.4. The third-order valence-corrected chi connectivity index (χ3v) is 18.5. The minimum absolute atomic E-state index is 0.554. The highest BCUT2D eigenvalue weighted by molar-refractivity contribution is 6.00. The van der Waals surface area contributed by atoms with Crippen molar-refractivity contribution in [3.8, 4) is 68.2 Å². The molecule has 2 aliphatic rings. The van der Waals surface area contributed by atoms with Crippen LogP contribution in [0, 0.1) is 0 Å². The summed E-state index contributed by atoms with van der Waals surface area (Å²) in [4.78, 5) is 9.37. The van der Waals surface area contributed by atoms with Gasteiger partial charge in [0.05, 0.1) is 58.3 Å². The Hall–Kier alpha value is -11.8. The van der Waals surface area contributed by atoms with Crippen molar-refractivity contribution in [2.75, 3.05) is 72.5 Å². The quantitative estimate of drug-likeness (QED) is 0.0468. The Morgan fingerprint density at radius 1 is 0.178 bits per heavy atom. The van der Waals surface area contributed by atoms with Crippen molar-refractivity contribution in [1.82, 2.24) is 0 Å². The average molecular weight is 1340 g/mol. The van der Waals surface area contributed by atoms with E-state index in [1.807, 2.05) is 55.4 Å². The second kappa shape index (κ2) is 29.8. The van der Waals surface area contributed by atoms with Gasteiger partial charge >= 0.3 is 0 Å². The van der Waals surface area contributed by atoms with E-state index in [1.165, 1.54) is 0 Å². The molecule has 0 unspecified atom stereocenters. The van der Waals surface area contributed by atoms with E-state index in [0.29, 0.717) is 52.9 Å². The third-order valence-electron chi connectivity index (χ3n) is 18.5. The number of hydrogen-bond donors (Lipinski definition) is 0. The number of ether oxygens (including phenoxy) is 8. The van der Waals surface area contributed by atoms with E-state index in [2.05, 4.69) is 287 Å². The van der Waals surface area contributed by atoms with Crippen molar-refractivity contribution < 1.29 is 37.9 Å². The maximum atomic E-state index is 6.08. The monoisotopic (exact) mass is 1340 g/mol. The molecular weight excluding hydrogens is 1250 g/mol. The first-order valence-corrected chi connectivity index (χ1v) is 35.3. The molecule has 0 saturated heterocycles. The molecule has 12 aromatic carbocycles. The van der Waals surface area contributed by atoms with E-state index in [4.69, 9.17) is 37.9 Å². The lowest BCUT2D eigenvalue weighted by molar-refractivity contribution is 0.340. The number of hydrogen-bond acceptors (Lipinski definition) is 12. The van der Waals surface area contributed by atoms with Crippen molar-refractivity contribution in [2.24, 2.45) is 0 Å². The summed E-state index contributed by atoms with van der Waals surface area (Å²) in [5, 5.41) is 0. The zero-order valence-electron chi connectivity index (χ0n) is 58.6. The largest absolute Gasteiger partial charge is 0.494 e. The first-order valence-electron chi connectivity index (χ1n) is 35.3. The molecule has 508 valence electrons. The maximum absolute atomic E-state index is 6.08. The van der Waals surface area contributed by atoms with Gasteiger partial charge in [0.15, 0.2) is 0 Å². The Morgan fingerprint density at radius 3 is 0.436 bits per heavy atom. The van der Waals surface area contributed by atoms with Gasteiger partial charge < -0.3 is 57.5 Å². The van der Waals surface area contributed by atoms with Crippen molar-refractivity contribution in [2.45, 2.75) is 60.8 Å². The Bertz CT molecular complexity index is 3980. The van der Waals surface area contributed by atoms with Crippen LogP contribution in [0.15, 0.2) is 267 Å². The Morgan fingerprint density at radius 2 is 0.307 bits per heavy atom. The highest BCUT2D eigenvalue weighted by Gasteiger charge is 2.53. The second-order valence-corrected chi connectivity index (χ2v) is 24.4. The molecule has 0 radical (unpaired) electrons. The zero-order valence-corrected chi connectivity index (χ0v) is 58.6. The molecule has 0 N–H and O–H groups in total. The van der Waals surface area contributed by atoms with Crippen LogP contribution in [-0.2, 0) is 5.41 Å². The Balaban J connectivity index is 1.09. The van der Waals surface area contributed by atoms with Gasteiger partial charge in [-0.3, -0.25) is 0 Å². The summed E-state index contributed by atoms with van der Waals surface area (Å²) >= 11 is 0. The van der Waals surface area contributed by atoms with Crippen molar-refractivity contribution in [3.05, 3.63) is 289 Å². The van der Waals surface area contributed by atoms with Gasteiger partial charge in [-0.15, -0.1) is 0 Å². The summed E-state index contributed by atoms with van der Waals surface area (Å²) in [6.07, 6.45) is 0. The van der Waals surface area contributed by atoms with Gasteiger partial charge in [-0.1, -0.05) is 24.3 Å². The van der Waals surface area contributed by atoms with Crippen LogP contribution in [-0.4, -0.2) is 52.9 Å². The average Bonchev–Trinajstić information content (AvgIpc) is 1.50. The molecule has 101 heavy (non-hydrogen) atoms. The molecule has 2 aliphatic carbocycles. The number of rotatable bonds is 28. The van der Waals surface area contributed by atoms with Crippen LogP contribution >= 0.6 is 0 Å². The molecule has 0 atom stereocenters. The number of fused-ring (bicyclic) bond motifs is 10. The summed E-state index contributed by atoms with van der Waals surface area (Å²) in [6, 6.07) is 95.5. The molecule has 0 bridgehead atoms. The summed E-state index contributed by atoms with van der Waals surface area (Å²) in [5.74, 6) is 6.38. The van der Waals surface area contributed by atoms with Crippen molar-refractivity contribution in [1.29, 1.82) is 0 Å². The fourth-order valence-electron chi connectivity index (χ4n) is 14.4. The zero-order chi connectivity index (χ0) is 69.4. The minimum atomic E-state index is -1.02. The topological polar surface area (TPSA) is 86.8 Å². The predicted octanol–water partition coefficient (Wildman–Crippen LogP) is 23.1. The lowest BCUT2D eigenvalue weighted by Crippen LogP contribution is -2.27. The fraction of sp³-hybridized carbons (Fsp3) is 0.191. The van der Waals surface area contributed by atoms with Gasteiger partial charge in [-0.2, -0.15) is 0 Å². The minimum Gasteiger partial charge on any atom is -0.494 e. The summed E-state index contributed by atoms with van der Waals surface area (Å²) in [7, 11) is 0. The first-order chi connectivity index (χ1) is 49.7. The summed E-state index contributed by atoms with van der Waals surface area (Å²) in [6.45, 7) is 20.5. The third kappa shape index (κ3) is 13.1. The van der Waals surface area contributed by atoms with E-state index in [0.717, 1.165) is 159 Å². The van der Waals surface area contributed by atoms with Crippen LogP contribution in [0.25, 0.3) is 22.3 Å². The number of benzene rings is 12. The molecule has 0 aromatic heterocycles. The molecule has 12 heteroatoms. The standard InChI is InChI=1S/C89H84N4O8/c1-9-94-73-37-17-61(18-38-73)90(62-19-39-74(40-20-62)95-10-2)69-33-53-81-82-54-34-70(91(63-21-41-75(42-22-63)96-11-3)64-23-43-76(44-24-64)97-12-4)58-86(82)89(85(81)57-69)87-59-71(92(65-25-45-77(46-26-65)98-13-5)66-27-47-78(48-28-66)99-14-6)35-55-83(87)84-56-36-72(60-88(84)89)93(67-29-49-79(50-30-67)100-15-7)68-31-51-80(52-32-68)101-16-8/h17-60H,9-16H2,1-8H3. The SMILES string of the molecule is CCOc1ccc(N(c2ccc(OCC)cc2)c2ccc3c(c2)C2(c4cc(N(c5ccc(OCC)cc5)c5ccc(OCC)cc5)ccc4-3)c3cc(N(c4ccc(OCC)cc4)c4ccc(OCC)cc4)ccc3-c3ccc(N(c4ccc(OCC)cc4)c4ccc(OCC)cc4)cc32)cc1. The van der Waals surface area contributed by atoms with Gasteiger partial charge in [-0.05, 0) is 343 Å². The molecule has 12 nitrogen and oxygen atoms in total. The number of nitrogens with zero attached hydrogens (tertiary/aromatic N) is 4. The van der Waals surface area contributed by atoms with Gasteiger partial charge in [0.2, 0.25) is 0 Å². The highest BCUT2D eigenvalue weighted by Crippen LogP contribution is 2.66. The van der Waals surface area contributed by atoms with Crippen molar-refractivity contribution >= 4 is 68.2 Å². The van der Waals surface area contributed by atoms with Gasteiger partial charge in [0.1, 0.15) is 46.0 Å². The first kappa shape index (κ1) is 66.5. The highest BCUT2D eigenvalue weighted by atomic mass is 16.5. The van der Waals surface area contributed by atoms with Crippen molar-refractivity contribution in [3.63, 3.8) is 0 Å². The van der Waals surface area contributed by atoms with Crippen LogP contribution in [0.2, 0.25) is 0 Å². The molecule has 0 heterocycles. The van der Waals surface area contributed by atoms with E-state index in [-0.39, 0.29) is 0 Å². The van der Waals surface area contributed by atoms with Gasteiger partial charge in [-0.25, -0.2) is 0 Å². The molecule has 14 rings (SSSR count). The molecule has 0 saturated carbocycles. The van der Waals surface area contributed by atoms with Crippen LogP contribution in [0.4, 0.5) is 68.2 Å². The van der Waals surface area contributed by atoms with E-state index >= 15 is 0 Å². The molecule has 0 fully saturated rings. The molecule has 1 spiro atoms. The molecule has 12 aromatic rings. The van der Waals surface area contributed by atoms with E-state index in [9.17, 15) is 0 Å². The molecular formula is C89H84N4O8. The van der Waals surface area contributed by atoms with Crippen LogP contribution in [0.5, 0.6) is 46.0 Å². The van der Waals surface area contributed by atoms with Crippen LogP contribution < -0.4 is 57.5 Å². The predicted molar refractivity (Wildman–Crippen MR) is 411 cm³/mol. The summed E-state index contributed by atoms with van der Waals surface area (Å²) < 4.78 is 48.6. The smallest absolute Gasteiger partial charge is 0.119 e. The lowest BCUT2D eigenvalue weighted by atomic mass is 9.70. The summed E-state index contributed by atoms with van der Waals surface area (Å²) in [5.41, 5.74) is 19.5. The van der Waals surface area contributed by atoms with Crippen LogP contribution in [0.3, 0.4) is 0 Å². The molecule has 0 amide bonds.